The van der Waals surface area contributed by atoms with Crippen LogP contribution >= 0.6 is 0 Å². The third-order valence-corrected chi connectivity index (χ3v) is 4.17. The van der Waals surface area contributed by atoms with Gasteiger partial charge in [0.25, 0.3) is 0 Å². The van der Waals surface area contributed by atoms with E-state index in [1.807, 2.05) is 0 Å². The molecule has 1 heteroatoms. The molecule has 1 fully saturated rings. The first-order valence-corrected chi connectivity index (χ1v) is 7.47. The lowest BCUT2D eigenvalue weighted by Crippen LogP contribution is -2.09. The summed E-state index contributed by atoms with van der Waals surface area (Å²) in [6, 6.07) is 0. The van der Waals surface area contributed by atoms with Gasteiger partial charge < -0.3 is 5.11 Å². The molecule has 1 atom stereocenters. The maximum Gasteiger partial charge on any atom is 0.0459 e. The Labute approximate surface area is 102 Å². The van der Waals surface area contributed by atoms with Gasteiger partial charge >= 0.3 is 0 Å². The predicted octanol–water partition coefficient (Wildman–Crippen LogP) is 4.54. The second kappa shape index (κ2) is 9.04. The van der Waals surface area contributed by atoms with Gasteiger partial charge in [-0.15, -0.1) is 0 Å². The molecule has 0 aromatic rings. The Kier molecular flexibility index (Phi) is 7.92. The van der Waals surface area contributed by atoms with E-state index >= 15 is 0 Å². The second-order valence-electron chi connectivity index (χ2n) is 5.63. The van der Waals surface area contributed by atoms with Crippen LogP contribution in [-0.4, -0.2) is 11.7 Å². The monoisotopic (exact) mass is 226 g/mol. The first kappa shape index (κ1) is 14.0. The molecule has 0 heterocycles. The number of hydrogen-bond donors (Lipinski definition) is 1. The summed E-state index contributed by atoms with van der Waals surface area (Å²) in [4.78, 5) is 0. The van der Waals surface area contributed by atoms with E-state index in [2.05, 4.69) is 6.92 Å². The summed E-state index contributed by atoms with van der Waals surface area (Å²) < 4.78 is 0. The summed E-state index contributed by atoms with van der Waals surface area (Å²) in [5, 5.41) is 9.29. The lowest BCUT2D eigenvalue weighted by Gasteiger charge is -2.22. The third-order valence-electron chi connectivity index (χ3n) is 4.17. The van der Waals surface area contributed by atoms with Crippen LogP contribution in [0.3, 0.4) is 0 Å². The average molecular weight is 226 g/mol. The molecule has 0 saturated heterocycles. The van der Waals surface area contributed by atoms with Crippen molar-refractivity contribution in [1.82, 2.24) is 0 Å². The summed E-state index contributed by atoms with van der Waals surface area (Å²) in [5.74, 6) is 1.60. The van der Waals surface area contributed by atoms with E-state index in [9.17, 15) is 5.11 Å². The van der Waals surface area contributed by atoms with Gasteiger partial charge in [0.1, 0.15) is 0 Å². The van der Waals surface area contributed by atoms with E-state index in [1.165, 1.54) is 70.6 Å². The quantitative estimate of drug-likeness (QED) is 0.644. The minimum Gasteiger partial charge on any atom is -0.396 e. The molecule has 0 amide bonds. The molecule has 16 heavy (non-hydrogen) atoms. The van der Waals surface area contributed by atoms with Crippen molar-refractivity contribution in [2.45, 2.75) is 77.6 Å². The highest BCUT2D eigenvalue weighted by atomic mass is 16.3. The fourth-order valence-corrected chi connectivity index (χ4v) is 2.99. The average Bonchev–Trinajstić information content (AvgIpc) is 2.35. The molecule has 1 nitrogen and oxygen atoms in total. The van der Waals surface area contributed by atoms with Crippen molar-refractivity contribution in [2.75, 3.05) is 6.61 Å². The molecule has 1 aliphatic rings. The van der Waals surface area contributed by atoms with Crippen LogP contribution in [0.1, 0.15) is 77.6 Å². The fraction of sp³-hybridized carbons (Fsp3) is 1.00. The second-order valence-corrected chi connectivity index (χ2v) is 5.63. The van der Waals surface area contributed by atoms with Gasteiger partial charge in [0.15, 0.2) is 0 Å². The Morgan fingerprint density at radius 2 is 1.75 bits per heavy atom. The van der Waals surface area contributed by atoms with Crippen LogP contribution in [0.15, 0.2) is 0 Å². The lowest BCUT2D eigenvalue weighted by molar-refractivity contribution is 0.200. The van der Waals surface area contributed by atoms with Gasteiger partial charge in [-0.2, -0.15) is 0 Å². The lowest BCUT2D eigenvalue weighted by atomic mass is 9.84. The summed E-state index contributed by atoms with van der Waals surface area (Å²) in [6.07, 6.45) is 15.1. The van der Waals surface area contributed by atoms with Crippen LogP contribution in [0, 0.1) is 11.8 Å². The van der Waals surface area contributed by atoms with Gasteiger partial charge in [-0.1, -0.05) is 64.7 Å². The minimum atomic E-state index is 0.407. The van der Waals surface area contributed by atoms with E-state index in [0.717, 1.165) is 5.92 Å². The molecule has 1 rings (SSSR count). The van der Waals surface area contributed by atoms with Crippen molar-refractivity contribution in [3.8, 4) is 0 Å². The number of rotatable bonds is 8. The number of aliphatic hydroxyl groups is 1. The van der Waals surface area contributed by atoms with Crippen molar-refractivity contribution in [3.05, 3.63) is 0 Å². The van der Waals surface area contributed by atoms with Gasteiger partial charge in [-0.25, -0.2) is 0 Å². The Balaban J connectivity index is 2.02. The number of hydrogen-bond acceptors (Lipinski definition) is 1. The van der Waals surface area contributed by atoms with Gasteiger partial charge in [-0.05, 0) is 24.7 Å². The number of unbranched alkanes of at least 4 members (excludes halogenated alkanes) is 1. The van der Waals surface area contributed by atoms with Crippen molar-refractivity contribution in [2.24, 2.45) is 11.8 Å². The summed E-state index contributed by atoms with van der Waals surface area (Å²) in [6.45, 7) is 2.64. The van der Waals surface area contributed by atoms with Crippen LogP contribution in [0.2, 0.25) is 0 Å². The maximum absolute atomic E-state index is 9.29. The zero-order valence-corrected chi connectivity index (χ0v) is 11.1. The van der Waals surface area contributed by atoms with Crippen LogP contribution in [0.25, 0.3) is 0 Å². The van der Waals surface area contributed by atoms with E-state index in [1.54, 1.807) is 0 Å². The summed E-state index contributed by atoms with van der Waals surface area (Å²) in [5.41, 5.74) is 0. The molecule has 1 unspecified atom stereocenters. The maximum atomic E-state index is 9.29. The van der Waals surface area contributed by atoms with Crippen molar-refractivity contribution in [3.63, 3.8) is 0 Å². The minimum absolute atomic E-state index is 0.407. The highest BCUT2D eigenvalue weighted by molar-refractivity contribution is 4.67. The zero-order chi connectivity index (χ0) is 11.6. The highest BCUT2D eigenvalue weighted by Gasteiger charge is 2.14. The van der Waals surface area contributed by atoms with Crippen LogP contribution in [0.5, 0.6) is 0 Å². The Morgan fingerprint density at radius 1 is 1.06 bits per heavy atom. The molecule has 1 saturated carbocycles. The van der Waals surface area contributed by atoms with Gasteiger partial charge in [-0.3, -0.25) is 0 Å². The smallest absolute Gasteiger partial charge is 0.0459 e. The predicted molar refractivity (Wildman–Crippen MR) is 70.5 cm³/mol. The van der Waals surface area contributed by atoms with Crippen molar-refractivity contribution < 1.29 is 5.11 Å². The van der Waals surface area contributed by atoms with E-state index in [-0.39, 0.29) is 0 Å². The van der Waals surface area contributed by atoms with Crippen LogP contribution < -0.4 is 0 Å². The summed E-state index contributed by atoms with van der Waals surface area (Å²) >= 11 is 0. The van der Waals surface area contributed by atoms with E-state index in [4.69, 9.17) is 0 Å². The Hall–Kier alpha value is -0.0400. The van der Waals surface area contributed by atoms with Gasteiger partial charge in [0.05, 0.1) is 0 Å². The van der Waals surface area contributed by atoms with E-state index < -0.39 is 0 Å². The fourth-order valence-electron chi connectivity index (χ4n) is 2.99. The largest absolute Gasteiger partial charge is 0.396 e. The number of aliphatic hydroxyl groups excluding tert-OH is 1. The van der Waals surface area contributed by atoms with Crippen molar-refractivity contribution in [1.29, 1.82) is 0 Å². The molecule has 1 N–H and O–H groups in total. The SMILES string of the molecule is CCCCC(CO)CCCC1CCCCC1. The molecule has 0 aromatic carbocycles. The zero-order valence-electron chi connectivity index (χ0n) is 11.1. The van der Waals surface area contributed by atoms with Gasteiger partial charge in [0, 0.05) is 6.61 Å². The molecule has 0 aromatic heterocycles. The Bertz CT molecular complexity index is 150. The standard InChI is InChI=1S/C15H30O/c1-2-3-8-15(13-16)12-7-11-14-9-5-4-6-10-14/h14-16H,2-13H2,1H3. The van der Waals surface area contributed by atoms with Gasteiger partial charge in [0.2, 0.25) is 0 Å². The van der Waals surface area contributed by atoms with Crippen LogP contribution in [-0.2, 0) is 0 Å². The first-order valence-electron chi connectivity index (χ1n) is 7.47. The molecule has 0 bridgehead atoms. The molecule has 0 radical (unpaired) electrons. The molecule has 96 valence electrons. The molecule has 0 spiro atoms. The molecular formula is C15H30O. The topological polar surface area (TPSA) is 20.2 Å². The van der Waals surface area contributed by atoms with Crippen LogP contribution in [0.4, 0.5) is 0 Å². The molecule has 1 aliphatic carbocycles. The molecule has 0 aliphatic heterocycles. The normalized spacial score (nSPS) is 19.9. The molecular weight excluding hydrogens is 196 g/mol. The third kappa shape index (κ3) is 5.89. The van der Waals surface area contributed by atoms with Crippen molar-refractivity contribution >= 4 is 0 Å². The highest BCUT2D eigenvalue weighted by Crippen LogP contribution is 2.28. The Morgan fingerprint density at radius 3 is 2.38 bits per heavy atom. The summed E-state index contributed by atoms with van der Waals surface area (Å²) in [7, 11) is 0. The van der Waals surface area contributed by atoms with E-state index in [0.29, 0.717) is 12.5 Å². The first-order chi connectivity index (χ1) is 7.86.